The zero-order valence-corrected chi connectivity index (χ0v) is 15.8. The molecule has 0 saturated carbocycles. The topological polar surface area (TPSA) is 66.5 Å². The summed E-state index contributed by atoms with van der Waals surface area (Å²) in [6.45, 7) is 0.718. The van der Waals surface area contributed by atoms with Gasteiger partial charge in [0.25, 0.3) is 5.91 Å². The lowest BCUT2D eigenvalue weighted by molar-refractivity contribution is 0.0849. The summed E-state index contributed by atoms with van der Waals surface area (Å²) < 4.78 is 27.7. The largest absolute Gasteiger partial charge is 0.493 e. The Labute approximate surface area is 162 Å². The molecule has 0 spiro atoms. The van der Waals surface area contributed by atoms with Crippen LogP contribution in [0.5, 0.6) is 28.7 Å². The first-order chi connectivity index (χ1) is 13.7. The minimum atomic E-state index is -0.0937. The maximum atomic E-state index is 13.2. The minimum Gasteiger partial charge on any atom is -0.493 e. The lowest BCUT2D eigenvalue weighted by Gasteiger charge is -2.15. The summed E-state index contributed by atoms with van der Waals surface area (Å²) in [4.78, 5) is 15.0. The molecule has 7 nitrogen and oxygen atoms in total. The molecule has 0 bridgehead atoms. The second-order valence-electron chi connectivity index (χ2n) is 6.68. The van der Waals surface area contributed by atoms with E-state index in [1.54, 1.807) is 26.2 Å². The van der Waals surface area contributed by atoms with Crippen LogP contribution < -0.4 is 23.7 Å². The third-order valence-corrected chi connectivity index (χ3v) is 5.40. The molecule has 5 rings (SSSR count). The zero-order valence-electron chi connectivity index (χ0n) is 15.8. The van der Waals surface area contributed by atoms with E-state index in [2.05, 4.69) is 0 Å². The molecule has 1 amide bonds. The minimum absolute atomic E-state index is 0.0937. The summed E-state index contributed by atoms with van der Waals surface area (Å²) in [7, 11) is 4.72. The van der Waals surface area contributed by atoms with Crippen molar-refractivity contribution in [3.8, 4) is 28.7 Å². The van der Waals surface area contributed by atoms with Crippen molar-refractivity contribution >= 4 is 17.7 Å². The fraction of sp³-hybridized carbons (Fsp3) is 0.286. The van der Waals surface area contributed by atoms with Gasteiger partial charge < -0.3 is 28.6 Å². The van der Waals surface area contributed by atoms with Crippen molar-refractivity contribution in [2.75, 3.05) is 34.7 Å². The highest BCUT2D eigenvalue weighted by Gasteiger charge is 2.38. The van der Waals surface area contributed by atoms with Crippen LogP contribution in [0.2, 0.25) is 0 Å². The fourth-order valence-electron chi connectivity index (χ4n) is 4.13. The molecule has 0 aromatic heterocycles. The highest BCUT2D eigenvalue weighted by atomic mass is 16.7. The van der Waals surface area contributed by atoms with Crippen LogP contribution in [-0.4, -0.2) is 45.5 Å². The summed E-state index contributed by atoms with van der Waals surface area (Å²) in [6, 6.07) is 5.68. The predicted octanol–water partition coefficient (Wildman–Crippen LogP) is 2.95. The Morgan fingerprint density at radius 3 is 2.61 bits per heavy atom. The van der Waals surface area contributed by atoms with Crippen molar-refractivity contribution in [3.63, 3.8) is 0 Å². The van der Waals surface area contributed by atoms with Crippen molar-refractivity contribution in [1.82, 2.24) is 4.90 Å². The SMILES string of the molecule is COc1ccc2c(c1OC)C(=O)N1CCc3cc4c(c(OC)c3C=C21)OCO4. The number of carbonyl (C=O) groups is 1. The molecule has 0 radical (unpaired) electrons. The molecule has 0 N–H and O–H groups in total. The smallest absolute Gasteiger partial charge is 0.262 e. The molecule has 0 saturated heterocycles. The van der Waals surface area contributed by atoms with Gasteiger partial charge in [-0.05, 0) is 36.3 Å². The van der Waals surface area contributed by atoms with Crippen LogP contribution in [0.1, 0.15) is 27.0 Å². The van der Waals surface area contributed by atoms with E-state index in [0.717, 1.165) is 22.4 Å². The number of nitrogens with zero attached hydrogens (tertiary/aromatic N) is 1. The van der Waals surface area contributed by atoms with Crippen LogP contribution >= 0.6 is 0 Å². The number of carbonyl (C=O) groups excluding carboxylic acids is 1. The molecule has 7 heteroatoms. The van der Waals surface area contributed by atoms with Gasteiger partial charge in [0, 0.05) is 17.7 Å². The number of rotatable bonds is 3. The van der Waals surface area contributed by atoms with Crippen LogP contribution in [-0.2, 0) is 6.42 Å². The molecule has 2 aromatic rings. The Bertz CT molecular complexity index is 1040. The molecule has 144 valence electrons. The average Bonchev–Trinajstić information content (AvgIpc) is 3.22. The number of benzene rings is 2. The molecule has 0 unspecified atom stereocenters. The van der Waals surface area contributed by atoms with Crippen LogP contribution in [0.4, 0.5) is 0 Å². The molecular weight excluding hydrogens is 362 g/mol. The highest BCUT2D eigenvalue weighted by molar-refractivity contribution is 6.14. The summed E-state index contributed by atoms with van der Waals surface area (Å²) in [6.07, 6.45) is 2.65. The summed E-state index contributed by atoms with van der Waals surface area (Å²) in [5.41, 5.74) is 4.11. The van der Waals surface area contributed by atoms with Gasteiger partial charge in [-0.25, -0.2) is 0 Å². The lowest BCUT2D eigenvalue weighted by Crippen LogP contribution is -2.24. The van der Waals surface area contributed by atoms with Crippen LogP contribution in [0, 0.1) is 0 Å². The van der Waals surface area contributed by atoms with Crippen molar-refractivity contribution in [3.05, 3.63) is 40.5 Å². The number of hydrogen-bond donors (Lipinski definition) is 0. The Hall–Kier alpha value is -3.35. The molecule has 2 aromatic carbocycles. The van der Waals surface area contributed by atoms with Gasteiger partial charge in [0.1, 0.15) is 0 Å². The zero-order chi connectivity index (χ0) is 19.4. The first kappa shape index (κ1) is 16.8. The molecule has 28 heavy (non-hydrogen) atoms. The van der Waals surface area contributed by atoms with Crippen molar-refractivity contribution in [1.29, 1.82) is 0 Å². The second kappa shape index (κ2) is 6.09. The number of methoxy groups -OCH3 is 3. The van der Waals surface area contributed by atoms with Gasteiger partial charge in [0.05, 0.1) is 32.6 Å². The maximum absolute atomic E-state index is 13.2. The van der Waals surface area contributed by atoms with E-state index in [9.17, 15) is 4.79 Å². The van der Waals surface area contributed by atoms with Crippen molar-refractivity contribution < 1.29 is 28.5 Å². The quantitative estimate of drug-likeness (QED) is 0.815. The number of amides is 1. The van der Waals surface area contributed by atoms with E-state index >= 15 is 0 Å². The molecule has 3 aliphatic rings. The van der Waals surface area contributed by atoms with Gasteiger partial charge in [0.2, 0.25) is 12.5 Å². The van der Waals surface area contributed by atoms with Gasteiger partial charge in [0.15, 0.2) is 23.0 Å². The molecule has 0 aliphatic carbocycles. The van der Waals surface area contributed by atoms with Gasteiger partial charge in [-0.1, -0.05) is 0 Å². The Kier molecular flexibility index (Phi) is 3.65. The Morgan fingerprint density at radius 1 is 1.04 bits per heavy atom. The van der Waals surface area contributed by atoms with Gasteiger partial charge >= 0.3 is 0 Å². The van der Waals surface area contributed by atoms with Gasteiger partial charge in [-0.15, -0.1) is 0 Å². The molecular formula is C21H19NO6. The van der Waals surface area contributed by atoms with E-state index in [-0.39, 0.29) is 12.7 Å². The standard InChI is InChI=1S/C21H19NO6/c1-24-15-5-4-12-14-9-13-11(8-16-20(18(13)25-2)28-10-27-16)6-7-22(14)21(23)17(12)19(15)26-3/h4-5,8-9H,6-7,10H2,1-3H3. The summed E-state index contributed by atoms with van der Waals surface area (Å²) in [5.74, 6) is 2.80. The molecule has 0 atom stereocenters. The van der Waals surface area contributed by atoms with E-state index in [1.807, 2.05) is 24.3 Å². The predicted molar refractivity (Wildman–Crippen MR) is 101 cm³/mol. The summed E-state index contributed by atoms with van der Waals surface area (Å²) >= 11 is 0. The van der Waals surface area contributed by atoms with Crippen LogP contribution in [0.3, 0.4) is 0 Å². The Morgan fingerprint density at radius 2 is 1.86 bits per heavy atom. The Balaban J connectivity index is 1.75. The normalized spacial score (nSPS) is 16.0. The second-order valence-corrected chi connectivity index (χ2v) is 6.68. The van der Waals surface area contributed by atoms with E-state index < -0.39 is 0 Å². The highest BCUT2D eigenvalue weighted by Crippen LogP contribution is 2.50. The van der Waals surface area contributed by atoms with Gasteiger partial charge in [-0.2, -0.15) is 0 Å². The first-order valence-corrected chi connectivity index (χ1v) is 8.96. The molecule has 3 heterocycles. The number of ether oxygens (including phenoxy) is 5. The molecule has 0 fully saturated rings. The van der Waals surface area contributed by atoms with E-state index in [1.165, 1.54) is 0 Å². The third kappa shape index (κ3) is 2.13. The first-order valence-electron chi connectivity index (χ1n) is 8.96. The average molecular weight is 381 g/mol. The van der Waals surface area contributed by atoms with Crippen molar-refractivity contribution in [2.24, 2.45) is 0 Å². The van der Waals surface area contributed by atoms with Crippen LogP contribution in [0.25, 0.3) is 11.8 Å². The maximum Gasteiger partial charge on any atom is 0.262 e. The van der Waals surface area contributed by atoms with E-state index in [0.29, 0.717) is 47.3 Å². The van der Waals surface area contributed by atoms with Gasteiger partial charge in [-0.3, -0.25) is 4.79 Å². The van der Waals surface area contributed by atoms with Crippen LogP contribution in [0.15, 0.2) is 18.2 Å². The molecule has 3 aliphatic heterocycles. The van der Waals surface area contributed by atoms with E-state index in [4.69, 9.17) is 23.7 Å². The van der Waals surface area contributed by atoms with Crippen molar-refractivity contribution in [2.45, 2.75) is 6.42 Å². The monoisotopic (exact) mass is 381 g/mol. The fourth-order valence-corrected chi connectivity index (χ4v) is 4.13. The number of hydrogen-bond acceptors (Lipinski definition) is 6. The summed E-state index contributed by atoms with van der Waals surface area (Å²) in [5, 5.41) is 0. The third-order valence-electron chi connectivity index (χ3n) is 5.40. The lowest BCUT2D eigenvalue weighted by atomic mass is 9.99. The number of fused-ring (bicyclic) bond motifs is 5.